The van der Waals surface area contributed by atoms with E-state index in [1.54, 1.807) is 6.20 Å². The first kappa shape index (κ1) is 17.0. The maximum atomic E-state index is 12.3. The molecule has 6 heteroatoms. The van der Waals surface area contributed by atoms with E-state index in [1.165, 1.54) is 11.7 Å². The molecule has 23 heavy (non-hydrogen) atoms. The molecule has 0 radical (unpaired) electrons. The first-order chi connectivity index (χ1) is 10.7. The summed E-state index contributed by atoms with van der Waals surface area (Å²) in [5, 5.41) is 0.859. The zero-order valence-corrected chi connectivity index (χ0v) is 13.8. The molecule has 2 aromatic rings. The fourth-order valence-electron chi connectivity index (χ4n) is 2.35. The lowest BCUT2D eigenvalue weighted by molar-refractivity contribution is -0.142. The molecule has 1 aromatic heterocycles. The van der Waals surface area contributed by atoms with Gasteiger partial charge in [0.25, 0.3) is 0 Å². The van der Waals surface area contributed by atoms with E-state index >= 15 is 0 Å². The molecule has 124 valence electrons. The third-order valence-corrected chi connectivity index (χ3v) is 3.36. The highest BCUT2D eigenvalue weighted by atomic mass is 16.6. The summed E-state index contributed by atoms with van der Waals surface area (Å²) in [7, 11) is 1.31. The molecular weight excluding hydrogens is 296 g/mol. The molecule has 0 spiro atoms. The smallest absolute Gasteiger partial charge is 0.418 e. The van der Waals surface area contributed by atoms with Crippen molar-refractivity contribution < 1.29 is 19.1 Å². The van der Waals surface area contributed by atoms with Crippen molar-refractivity contribution in [3.8, 4) is 0 Å². The molecule has 6 nitrogen and oxygen atoms in total. The van der Waals surface area contributed by atoms with Crippen molar-refractivity contribution in [2.24, 2.45) is 5.73 Å². The van der Waals surface area contributed by atoms with Gasteiger partial charge in [-0.05, 0) is 44.9 Å². The molecule has 0 bridgehead atoms. The number of nitrogens with zero attached hydrogens (tertiary/aromatic N) is 1. The third-order valence-electron chi connectivity index (χ3n) is 3.36. The van der Waals surface area contributed by atoms with Crippen LogP contribution in [0.15, 0.2) is 30.5 Å². The number of fused-ring (bicyclic) bond motifs is 1. The molecular formula is C17H22N2O4. The summed E-state index contributed by atoms with van der Waals surface area (Å²) in [5.41, 5.74) is 6.85. The van der Waals surface area contributed by atoms with Crippen molar-refractivity contribution in [1.29, 1.82) is 0 Å². The van der Waals surface area contributed by atoms with Gasteiger partial charge in [0.2, 0.25) is 0 Å². The Balaban J connectivity index is 2.34. The van der Waals surface area contributed by atoms with Crippen LogP contribution in [0.4, 0.5) is 4.79 Å². The third kappa shape index (κ3) is 3.90. The quantitative estimate of drug-likeness (QED) is 0.879. The lowest BCUT2D eigenvalue weighted by Crippen LogP contribution is -2.33. The monoisotopic (exact) mass is 318 g/mol. The van der Waals surface area contributed by atoms with Crippen molar-refractivity contribution >= 4 is 23.0 Å². The van der Waals surface area contributed by atoms with Gasteiger partial charge in [-0.15, -0.1) is 0 Å². The second kappa shape index (κ2) is 6.42. The molecule has 0 aliphatic heterocycles. The van der Waals surface area contributed by atoms with Crippen molar-refractivity contribution in [3.05, 3.63) is 36.0 Å². The Morgan fingerprint density at radius 1 is 1.26 bits per heavy atom. The normalized spacial score (nSPS) is 12.9. The van der Waals surface area contributed by atoms with Crippen molar-refractivity contribution in [3.63, 3.8) is 0 Å². The van der Waals surface area contributed by atoms with Gasteiger partial charge in [-0.25, -0.2) is 4.79 Å². The minimum absolute atomic E-state index is 0.336. The Bertz CT molecular complexity index is 728. The van der Waals surface area contributed by atoms with Crippen LogP contribution in [0.3, 0.4) is 0 Å². The summed E-state index contributed by atoms with van der Waals surface area (Å²) >= 11 is 0. The van der Waals surface area contributed by atoms with E-state index < -0.39 is 23.7 Å². The number of ether oxygens (including phenoxy) is 2. The molecule has 0 amide bonds. The first-order valence-corrected chi connectivity index (χ1v) is 7.38. The van der Waals surface area contributed by atoms with Crippen LogP contribution < -0.4 is 5.73 Å². The predicted molar refractivity (Wildman–Crippen MR) is 87.3 cm³/mol. The molecule has 0 saturated heterocycles. The summed E-state index contributed by atoms with van der Waals surface area (Å²) in [4.78, 5) is 23.8. The fraction of sp³-hybridized carbons (Fsp3) is 0.412. The van der Waals surface area contributed by atoms with E-state index in [0.29, 0.717) is 11.9 Å². The zero-order chi connectivity index (χ0) is 17.2. The average molecular weight is 318 g/mol. The summed E-state index contributed by atoms with van der Waals surface area (Å²) in [6, 6.07) is 6.61. The van der Waals surface area contributed by atoms with Crippen LogP contribution in [0.5, 0.6) is 0 Å². The summed E-state index contributed by atoms with van der Waals surface area (Å²) in [5.74, 6) is -0.464. The number of hydrogen-bond acceptors (Lipinski definition) is 5. The minimum Gasteiger partial charge on any atom is -0.468 e. The maximum Gasteiger partial charge on any atom is 0.418 e. The lowest BCUT2D eigenvalue weighted by Gasteiger charge is -2.19. The highest BCUT2D eigenvalue weighted by Gasteiger charge is 2.21. The molecule has 0 fully saturated rings. The van der Waals surface area contributed by atoms with E-state index in [9.17, 15) is 9.59 Å². The van der Waals surface area contributed by atoms with E-state index in [0.717, 1.165) is 10.9 Å². The average Bonchev–Trinajstić information content (AvgIpc) is 2.89. The Hall–Kier alpha value is -2.34. The Kier molecular flexibility index (Phi) is 4.75. The van der Waals surface area contributed by atoms with Crippen LogP contribution in [0.1, 0.15) is 26.3 Å². The molecule has 0 saturated carbocycles. The maximum absolute atomic E-state index is 12.3. The number of carbonyl (C=O) groups excluding carboxylic acids is 2. The molecule has 0 aliphatic carbocycles. The number of methoxy groups -OCH3 is 1. The van der Waals surface area contributed by atoms with Gasteiger partial charge >= 0.3 is 12.1 Å². The van der Waals surface area contributed by atoms with Gasteiger partial charge in [0.1, 0.15) is 11.6 Å². The summed E-state index contributed by atoms with van der Waals surface area (Å²) in [6.07, 6.45) is 1.55. The number of rotatable bonds is 3. The van der Waals surface area contributed by atoms with Gasteiger partial charge in [-0.3, -0.25) is 9.36 Å². The minimum atomic E-state index is -0.740. The van der Waals surface area contributed by atoms with Crippen LogP contribution in [0.2, 0.25) is 0 Å². The van der Waals surface area contributed by atoms with Crippen LogP contribution in [-0.2, 0) is 20.7 Å². The van der Waals surface area contributed by atoms with Gasteiger partial charge in [0.15, 0.2) is 0 Å². The number of carbonyl (C=O) groups is 2. The highest BCUT2D eigenvalue weighted by molar-refractivity contribution is 5.92. The van der Waals surface area contributed by atoms with Gasteiger partial charge in [0.05, 0.1) is 12.6 Å². The number of hydrogen-bond donors (Lipinski definition) is 1. The molecule has 2 N–H and O–H groups in total. The van der Waals surface area contributed by atoms with Crippen molar-refractivity contribution in [1.82, 2.24) is 4.57 Å². The lowest BCUT2D eigenvalue weighted by atomic mass is 10.0. The molecule has 0 aliphatic rings. The van der Waals surface area contributed by atoms with Crippen LogP contribution in [0.25, 0.3) is 10.9 Å². The van der Waals surface area contributed by atoms with Crippen molar-refractivity contribution in [2.45, 2.75) is 38.8 Å². The predicted octanol–water partition coefficient (Wildman–Crippen LogP) is 2.47. The van der Waals surface area contributed by atoms with E-state index in [4.69, 9.17) is 10.5 Å². The van der Waals surface area contributed by atoms with E-state index in [1.807, 2.05) is 45.0 Å². The number of nitrogens with two attached hydrogens (primary N) is 1. The Morgan fingerprint density at radius 3 is 2.57 bits per heavy atom. The van der Waals surface area contributed by atoms with Crippen LogP contribution in [0, 0.1) is 0 Å². The zero-order valence-electron chi connectivity index (χ0n) is 13.8. The van der Waals surface area contributed by atoms with Gasteiger partial charge in [-0.2, -0.15) is 0 Å². The fourth-order valence-corrected chi connectivity index (χ4v) is 2.35. The summed E-state index contributed by atoms with van der Waals surface area (Å²) < 4.78 is 11.5. The molecule has 1 heterocycles. The number of esters is 1. The van der Waals surface area contributed by atoms with Crippen LogP contribution in [-0.4, -0.2) is 35.4 Å². The highest BCUT2D eigenvalue weighted by Crippen LogP contribution is 2.22. The van der Waals surface area contributed by atoms with Gasteiger partial charge < -0.3 is 15.2 Å². The Labute approximate surface area is 135 Å². The topological polar surface area (TPSA) is 83.5 Å². The standard InChI is InChI=1S/C17H22N2O4/c1-17(2,3)23-16(21)19-9-8-12-11(6-5-7-14(12)19)10-13(18)15(20)22-4/h5-9,13H,10,18H2,1-4H3. The van der Waals surface area contributed by atoms with Gasteiger partial charge in [0, 0.05) is 11.6 Å². The first-order valence-electron chi connectivity index (χ1n) is 7.38. The van der Waals surface area contributed by atoms with E-state index in [-0.39, 0.29) is 0 Å². The second-order valence-electron chi connectivity index (χ2n) is 6.35. The number of aromatic nitrogens is 1. The van der Waals surface area contributed by atoms with Crippen molar-refractivity contribution in [2.75, 3.05) is 7.11 Å². The largest absolute Gasteiger partial charge is 0.468 e. The molecule has 1 atom stereocenters. The molecule has 1 aromatic carbocycles. The molecule has 1 unspecified atom stereocenters. The second-order valence-corrected chi connectivity index (χ2v) is 6.35. The Morgan fingerprint density at radius 2 is 1.96 bits per heavy atom. The van der Waals surface area contributed by atoms with Crippen LogP contribution >= 0.6 is 0 Å². The van der Waals surface area contributed by atoms with E-state index in [2.05, 4.69) is 4.74 Å². The number of benzene rings is 1. The molecule has 2 rings (SSSR count). The summed E-state index contributed by atoms with van der Waals surface area (Å²) in [6.45, 7) is 5.45. The van der Waals surface area contributed by atoms with Gasteiger partial charge in [-0.1, -0.05) is 12.1 Å². The SMILES string of the molecule is COC(=O)C(N)Cc1cccc2c1ccn2C(=O)OC(C)(C)C.